The summed E-state index contributed by atoms with van der Waals surface area (Å²) in [6, 6.07) is 10.5. The van der Waals surface area contributed by atoms with Gasteiger partial charge in [-0.15, -0.1) is 11.8 Å². The lowest BCUT2D eigenvalue weighted by Crippen LogP contribution is -2.48. The zero-order chi connectivity index (χ0) is 32.2. The SMILES string of the molecule is CC.[B]c1cc2c(=O)c(CN(Cc3ccnc(OC)c3)C3CCCN(c4ccc(NCC5CC5)nc4)C3)cn3c2c(c1C)SCC3. The summed E-state index contributed by atoms with van der Waals surface area (Å²) >= 11 is 1.80. The molecular formula is C36H45BN6O2S. The predicted molar refractivity (Wildman–Crippen MR) is 191 cm³/mol. The van der Waals surface area contributed by atoms with Gasteiger partial charge in [0, 0.05) is 85.4 Å². The van der Waals surface area contributed by atoms with Gasteiger partial charge in [-0.25, -0.2) is 9.97 Å². The maximum absolute atomic E-state index is 14.1. The topological polar surface area (TPSA) is 75.5 Å². The number of piperidine rings is 1. The fraction of sp³-hybridized carbons (Fsp3) is 0.472. The first-order valence-electron chi connectivity index (χ1n) is 16.7. The minimum Gasteiger partial charge on any atom is -0.481 e. The number of benzene rings is 1. The van der Waals surface area contributed by atoms with Crippen molar-refractivity contribution in [3.05, 3.63) is 75.8 Å². The monoisotopic (exact) mass is 636 g/mol. The van der Waals surface area contributed by atoms with Crippen LogP contribution in [0.4, 0.5) is 11.5 Å². The van der Waals surface area contributed by atoms with E-state index in [2.05, 4.69) is 49.9 Å². The van der Waals surface area contributed by atoms with Crippen LogP contribution in [0.2, 0.25) is 0 Å². The summed E-state index contributed by atoms with van der Waals surface area (Å²) in [5.41, 5.74) is 5.93. The number of aromatic nitrogens is 3. The maximum Gasteiger partial charge on any atom is 0.213 e. The largest absolute Gasteiger partial charge is 0.481 e. The highest BCUT2D eigenvalue weighted by atomic mass is 32.2. The number of thioether (sulfide) groups is 1. The fourth-order valence-electron chi connectivity index (χ4n) is 6.58. The molecule has 10 heteroatoms. The van der Waals surface area contributed by atoms with E-state index >= 15 is 0 Å². The van der Waals surface area contributed by atoms with E-state index in [0.29, 0.717) is 24.4 Å². The Balaban J connectivity index is 0.00000182. The Morgan fingerprint density at radius 1 is 1.11 bits per heavy atom. The van der Waals surface area contributed by atoms with Crippen LogP contribution in [0.3, 0.4) is 0 Å². The molecule has 3 aromatic heterocycles. The maximum atomic E-state index is 14.1. The molecule has 4 aromatic rings. The molecule has 0 spiro atoms. The van der Waals surface area contributed by atoms with Crippen molar-refractivity contribution in [2.24, 2.45) is 5.92 Å². The van der Waals surface area contributed by atoms with Gasteiger partial charge in [-0.3, -0.25) is 9.69 Å². The van der Waals surface area contributed by atoms with E-state index in [0.717, 1.165) is 94.7 Å². The lowest BCUT2D eigenvalue weighted by atomic mass is 9.89. The molecule has 1 aromatic carbocycles. The Hall–Kier alpha value is -3.50. The molecule has 3 aliphatic rings. The highest BCUT2D eigenvalue weighted by Crippen LogP contribution is 2.34. The second kappa shape index (κ2) is 14.5. The van der Waals surface area contributed by atoms with Crippen molar-refractivity contribution in [2.45, 2.75) is 77.0 Å². The highest BCUT2D eigenvalue weighted by Gasteiger charge is 2.28. The molecule has 7 rings (SSSR count). The summed E-state index contributed by atoms with van der Waals surface area (Å²) in [5.74, 6) is 3.32. The fourth-order valence-corrected chi connectivity index (χ4v) is 7.77. The Labute approximate surface area is 278 Å². The zero-order valence-electron chi connectivity index (χ0n) is 27.6. The molecule has 8 nitrogen and oxygen atoms in total. The summed E-state index contributed by atoms with van der Waals surface area (Å²) in [6.45, 7) is 11.0. The first kappa shape index (κ1) is 32.4. The molecule has 2 radical (unpaired) electrons. The minimum absolute atomic E-state index is 0.0789. The molecular weight excluding hydrogens is 591 g/mol. The molecule has 1 unspecified atom stereocenters. The van der Waals surface area contributed by atoms with Crippen LogP contribution in [-0.2, 0) is 19.6 Å². The number of pyridine rings is 3. The molecule has 2 aliphatic heterocycles. The average molecular weight is 637 g/mol. The van der Waals surface area contributed by atoms with Crippen LogP contribution in [-0.4, -0.2) is 65.8 Å². The van der Waals surface area contributed by atoms with Crippen molar-refractivity contribution in [3.8, 4) is 5.88 Å². The zero-order valence-corrected chi connectivity index (χ0v) is 28.4. The second-order valence-corrected chi connectivity index (χ2v) is 13.5. The van der Waals surface area contributed by atoms with E-state index in [9.17, 15) is 4.79 Å². The van der Waals surface area contributed by atoms with Crippen LogP contribution in [0.5, 0.6) is 5.88 Å². The number of hydrogen-bond acceptors (Lipinski definition) is 8. The molecule has 0 amide bonds. The smallest absolute Gasteiger partial charge is 0.213 e. The average Bonchev–Trinajstić information content (AvgIpc) is 3.94. The quantitative estimate of drug-likeness (QED) is 0.228. The molecule has 1 aliphatic carbocycles. The number of nitrogens with zero attached hydrogens (tertiary/aromatic N) is 5. The number of hydrogen-bond donors (Lipinski definition) is 1. The third kappa shape index (κ3) is 7.08. The second-order valence-electron chi connectivity index (χ2n) is 12.4. The van der Waals surface area contributed by atoms with Gasteiger partial charge in [-0.2, -0.15) is 0 Å². The summed E-state index contributed by atoms with van der Waals surface area (Å²) < 4.78 is 7.71. The van der Waals surface area contributed by atoms with Gasteiger partial charge in [0.25, 0.3) is 0 Å². The summed E-state index contributed by atoms with van der Waals surface area (Å²) in [5, 5.41) is 4.20. The number of ether oxygens (including phenoxy) is 1. The van der Waals surface area contributed by atoms with Crippen molar-refractivity contribution < 1.29 is 4.74 Å². The van der Waals surface area contributed by atoms with E-state index in [4.69, 9.17) is 17.6 Å². The Bertz CT molecular complexity index is 1720. The van der Waals surface area contributed by atoms with Gasteiger partial charge < -0.3 is 19.5 Å². The van der Waals surface area contributed by atoms with Crippen LogP contribution in [0, 0.1) is 12.8 Å². The van der Waals surface area contributed by atoms with Gasteiger partial charge >= 0.3 is 0 Å². The Kier molecular flexibility index (Phi) is 10.2. The molecule has 46 heavy (non-hydrogen) atoms. The van der Waals surface area contributed by atoms with E-state index in [-0.39, 0.29) is 11.5 Å². The molecule has 2 fully saturated rings. The first-order valence-corrected chi connectivity index (χ1v) is 17.7. The van der Waals surface area contributed by atoms with Gasteiger partial charge in [0.15, 0.2) is 5.43 Å². The summed E-state index contributed by atoms with van der Waals surface area (Å²) in [6.07, 6.45) is 10.7. The third-order valence-electron chi connectivity index (χ3n) is 9.32. The van der Waals surface area contributed by atoms with Crippen LogP contribution in [0.1, 0.15) is 56.2 Å². The van der Waals surface area contributed by atoms with Gasteiger partial charge in [0.05, 0.1) is 24.5 Å². The van der Waals surface area contributed by atoms with Crippen molar-refractivity contribution in [1.29, 1.82) is 0 Å². The number of anilines is 2. The van der Waals surface area contributed by atoms with Crippen molar-refractivity contribution in [1.82, 2.24) is 19.4 Å². The van der Waals surface area contributed by atoms with Crippen molar-refractivity contribution >= 4 is 47.5 Å². The molecule has 1 saturated carbocycles. The van der Waals surface area contributed by atoms with Crippen molar-refractivity contribution in [2.75, 3.05) is 42.7 Å². The Morgan fingerprint density at radius 2 is 1.96 bits per heavy atom. The number of nitrogens with one attached hydrogen (secondary N) is 1. The number of aryl methyl sites for hydroxylation is 1. The van der Waals surface area contributed by atoms with Crippen molar-refractivity contribution in [3.63, 3.8) is 0 Å². The van der Waals surface area contributed by atoms with Crippen LogP contribution in [0.15, 0.2) is 58.6 Å². The Morgan fingerprint density at radius 3 is 2.72 bits per heavy atom. The van der Waals surface area contributed by atoms with Crippen LogP contribution >= 0.6 is 11.8 Å². The van der Waals surface area contributed by atoms with E-state index in [1.807, 2.05) is 38.2 Å². The molecule has 5 heterocycles. The molecule has 1 N–H and O–H groups in total. The highest BCUT2D eigenvalue weighted by molar-refractivity contribution is 7.99. The minimum atomic E-state index is 0.0789. The van der Waals surface area contributed by atoms with Gasteiger partial charge in [0.1, 0.15) is 13.7 Å². The number of rotatable bonds is 10. The van der Waals surface area contributed by atoms with Gasteiger partial charge in [0.2, 0.25) is 5.88 Å². The molecule has 0 bridgehead atoms. The summed E-state index contributed by atoms with van der Waals surface area (Å²) in [4.78, 5) is 29.1. The molecule has 240 valence electrons. The van der Waals surface area contributed by atoms with Crippen LogP contribution in [0.25, 0.3) is 10.9 Å². The first-order chi connectivity index (χ1) is 22.5. The van der Waals surface area contributed by atoms with E-state index < -0.39 is 0 Å². The molecule has 1 atom stereocenters. The molecule has 1 saturated heterocycles. The van der Waals surface area contributed by atoms with E-state index in [1.165, 1.54) is 12.8 Å². The standard InChI is InChI=1S/C34H39BN6O2S.C2H6/c1-22-29(35)15-28-32-34(22)44-13-12-40(32)19-25(33(28)42)20-41(18-24-9-10-36-31(14-24)43-2)27-4-3-11-39(21-27)26-7-8-30(38-17-26)37-16-23-5-6-23;1-2/h7-10,14-15,17,19,23,27H,3-6,11-13,16,18,20-21H2,1-2H3,(H,37,38);1-2H3. The lowest BCUT2D eigenvalue weighted by Gasteiger charge is -2.40. The summed E-state index contributed by atoms with van der Waals surface area (Å²) in [7, 11) is 8.06. The predicted octanol–water partition coefficient (Wildman–Crippen LogP) is 5.53. The van der Waals surface area contributed by atoms with E-state index in [1.54, 1.807) is 25.1 Å². The van der Waals surface area contributed by atoms with Gasteiger partial charge in [-0.05, 0) is 67.9 Å². The number of methoxy groups -OCH3 is 1. The van der Waals surface area contributed by atoms with Crippen LogP contribution < -0.4 is 25.8 Å². The lowest BCUT2D eigenvalue weighted by molar-refractivity contribution is 0.158. The normalized spacial score (nSPS) is 17.5. The van der Waals surface area contributed by atoms with Gasteiger partial charge in [-0.1, -0.05) is 25.4 Å². The third-order valence-corrected chi connectivity index (χ3v) is 10.5.